The summed E-state index contributed by atoms with van der Waals surface area (Å²) in [5.41, 5.74) is 0.481. The SMILES string of the molecule is CC(C)CC(C)CC(=O)OCCNc1ncccc1C#N. The van der Waals surface area contributed by atoms with Gasteiger partial charge in [-0.2, -0.15) is 5.26 Å². The van der Waals surface area contributed by atoms with Gasteiger partial charge in [0.15, 0.2) is 0 Å². The second-order valence-corrected chi connectivity index (χ2v) is 5.60. The first-order valence-corrected chi connectivity index (χ1v) is 7.27. The lowest BCUT2D eigenvalue weighted by Crippen LogP contribution is -2.17. The first kappa shape index (κ1) is 17.0. The van der Waals surface area contributed by atoms with Gasteiger partial charge in [0.1, 0.15) is 18.5 Å². The van der Waals surface area contributed by atoms with Crippen LogP contribution in [0, 0.1) is 23.2 Å². The van der Waals surface area contributed by atoms with Crippen molar-refractivity contribution >= 4 is 11.8 Å². The van der Waals surface area contributed by atoms with Crippen LogP contribution in [0.3, 0.4) is 0 Å². The molecule has 0 fully saturated rings. The van der Waals surface area contributed by atoms with Gasteiger partial charge < -0.3 is 10.1 Å². The fraction of sp³-hybridized carbons (Fsp3) is 0.562. The minimum Gasteiger partial charge on any atom is -0.464 e. The molecule has 1 aromatic rings. The molecule has 0 saturated carbocycles. The first-order chi connectivity index (χ1) is 10.0. The maximum Gasteiger partial charge on any atom is 0.306 e. The number of carbonyl (C=O) groups excluding carboxylic acids is 1. The molecule has 1 N–H and O–H groups in total. The predicted octanol–water partition coefficient (Wildman–Crippen LogP) is 2.98. The van der Waals surface area contributed by atoms with Crippen molar-refractivity contribution in [2.75, 3.05) is 18.5 Å². The van der Waals surface area contributed by atoms with Gasteiger partial charge in [0.2, 0.25) is 0 Å². The number of hydrogen-bond donors (Lipinski definition) is 1. The smallest absolute Gasteiger partial charge is 0.306 e. The molecular weight excluding hydrogens is 266 g/mol. The van der Waals surface area contributed by atoms with E-state index in [-0.39, 0.29) is 12.6 Å². The molecule has 0 aliphatic carbocycles. The first-order valence-electron chi connectivity index (χ1n) is 7.27. The van der Waals surface area contributed by atoms with Gasteiger partial charge in [0.05, 0.1) is 12.1 Å². The van der Waals surface area contributed by atoms with Crippen LogP contribution >= 0.6 is 0 Å². The third-order valence-corrected chi connectivity index (χ3v) is 2.97. The summed E-state index contributed by atoms with van der Waals surface area (Å²) in [6.45, 7) is 7.06. The molecule has 1 rings (SSSR count). The Morgan fingerprint density at radius 1 is 1.48 bits per heavy atom. The molecule has 5 heteroatoms. The van der Waals surface area contributed by atoms with Crippen LogP contribution in [-0.2, 0) is 9.53 Å². The van der Waals surface area contributed by atoms with Crippen LogP contribution in [0.15, 0.2) is 18.3 Å². The summed E-state index contributed by atoms with van der Waals surface area (Å²) < 4.78 is 5.18. The van der Waals surface area contributed by atoms with Crippen molar-refractivity contribution in [3.05, 3.63) is 23.9 Å². The van der Waals surface area contributed by atoms with E-state index >= 15 is 0 Å². The molecule has 0 saturated heterocycles. The molecule has 1 atom stereocenters. The molecule has 0 bridgehead atoms. The summed E-state index contributed by atoms with van der Waals surface area (Å²) in [7, 11) is 0. The molecule has 0 radical (unpaired) electrons. The number of hydrogen-bond acceptors (Lipinski definition) is 5. The number of aromatic nitrogens is 1. The quantitative estimate of drug-likeness (QED) is 0.588. The molecular formula is C16H23N3O2. The van der Waals surface area contributed by atoms with Gasteiger partial charge in [0, 0.05) is 12.6 Å². The lowest BCUT2D eigenvalue weighted by molar-refractivity contribution is -0.144. The van der Waals surface area contributed by atoms with Crippen LogP contribution < -0.4 is 5.32 Å². The minimum atomic E-state index is -0.175. The Kier molecular flexibility index (Phi) is 7.24. The van der Waals surface area contributed by atoms with E-state index < -0.39 is 0 Å². The van der Waals surface area contributed by atoms with Gasteiger partial charge in [-0.15, -0.1) is 0 Å². The number of carbonyl (C=O) groups is 1. The van der Waals surface area contributed by atoms with E-state index in [1.54, 1.807) is 18.3 Å². The van der Waals surface area contributed by atoms with Gasteiger partial charge in [-0.05, 0) is 30.4 Å². The third-order valence-electron chi connectivity index (χ3n) is 2.97. The van der Waals surface area contributed by atoms with E-state index in [4.69, 9.17) is 10.00 Å². The van der Waals surface area contributed by atoms with Crippen LogP contribution in [0.2, 0.25) is 0 Å². The molecule has 5 nitrogen and oxygen atoms in total. The van der Waals surface area contributed by atoms with E-state index in [1.165, 1.54) is 0 Å². The Morgan fingerprint density at radius 3 is 2.90 bits per heavy atom. The van der Waals surface area contributed by atoms with Crippen LogP contribution in [0.1, 0.15) is 39.2 Å². The summed E-state index contributed by atoms with van der Waals surface area (Å²) in [5, 5.41) is 11.9. The summed E-state index contributed by atoms with van der Waals surface area (Å²) in [4.78, 5) is 15.7. The van der Waals surface area contributed by atoms with E-state index in [0.29, 0.717) is 36.2 Å². The van der Waals surface area contributed by atoms with Crippen LogP contribution in [0.5, 0.6) is 0 Å². The molecule has 0 aromatic carbocycles. The Bertz CT molecular complexity index is 495. The van der Waals surface area contributed by atoms with Gasteiger partial charge in [-0.3, -0.25) is 4.79 Å². The maximum absolute atomic E-state index is 11.7. The standard InChI is InChI=1S/C16H23N3O2/c1-12(2)9-13(3)10-15(20)21-8-7-19-16-14(11-17)5-4-6-18-16/h4-6,12-13H,7-10H2,1-3H3,(H,18,19). The van der Waals surface area contributed by atoms with Crippen LogP contribution in [0.25, 0.3) is 0 Å². The normalized spacial score (nSPS) is 11.8. The number of nitrogens with zero attached hydrogens (tertiary/aromatic N) is 2. The molecule has 0 aliphatic rings. The maximum atomic E-state index is 11.7. The van der Waals surface area contributed by atoms with Crippen LogP contribution in [0.4, 0.5) is 5.82 Å². The van der Waals surface area contributed by atoms with Crippen molar-refractivity contribution in [3.63, 3.8) is 0 Å². The fourth-order valence-corrected chi connectivity index (χ4v) is 2.20. The molecule has 21 heavy (non-hydrogen) atoms. The number of nitrogens with one attached hydrogen (secondary N) is 1. The lowest BCUT2D eigenvalue weighted by Gasteiger charge is -2.13. The summed E-state index contributed by atoms with van der Waals surface area (Å²) in [5.74, 6) is 1.27. The van der Waals surface area contributed by atoms with Crippen molar-refractivity contribution in [1.29, 1.82) is 5.26 Å². The van der Waals surface area contributed by atoms with Gasteiger partial charge >= 0.3 is 5.97 Å². The Hall–Kier alpha value is -2.09. The number of esters is 1. The van der Waals surface area contributed by atoms with Crippen molar-refractivity contribution in [2.45, 2.75) is 33.6 Å². The third kappa shape index (κ3) is 6.75. The second-order valence-electron chi connectivity index (χ2n) is 5.60. The number of nitriles is 1. The Labute approximate surface area is 126 Å². The number of ether oxygens (including phenoxy) is 1. The summed E-state index contributed by atoms with van der Waals surface area (Å²) >= 11 is 0. The highest BCUT2D eigenvalue weighted by Gasteiger charge is 2.11. The average molecular weight is 289 g/mol. The second kappa shape index (κ2) is 8.96. The minimum absolute atomic E-state index is 0.175. The zero-order valence-corrected chi connectivity index (χ0v) is 12.9. The van der Waals surface area contributed by atoms with Gasteiger partial charge in [0.25, 0.3) is 0 Å². The van der Waals surface area contributed by atoms with Crippen LogP contribution in [-0.4, -0.2) is 24.1 Å². The number of pyridine rings is 1. The molecule has 1 aromatic heterocycles. The number of rotatable bonds is 8. The van der Waals surface area contributed by atoms with Crippen molar-refractivity contribution in [2.24, 2.45) is 11.8 Å². The predicted molar refractivity (Wildman–Crippen MR) is 81.6 cm³/mol. The molecule has 0 amide bonds. The molecule has 114 valence electrons. The lowest BCUT2D eigenvalue weighted by atomic mass is 9.96. The highest BCUT2D eigenvalue weighted by molar-refractivity contribution is 5.69. The molecule has 1 heterocycles. The Balaban J connectivity index is 2.25. The van der Waals surface area contributed by atoms with E-state index in [0.717, 1.165) is 6.42 Å². The Morgan fingerprint density at radius 2 is 2.24 bits per heavy atom. The molecule has 0 spiro atoms. The highest BCUT2D eigenvalue weighted by atomic mass is 16.5. The van der Waals surface area contributed by atoms with Gasteiger partial charge in [-0.1, -0.05) is 20.8 Å². The molecule has 0 aliphatic heterocycles. The average Bonchev–Trinajstić information content (AvgIpc) is 2.43. The fourth-order valence-electron chi connectivity index (χ4n) is 2.20. The highest BCUT2D eigenvalue weighted by Crippen LogP contribution is 2.15. The van der Waals surface area contributed by atoms with E-state index in [2.05, 4.69) is 37.1 Å². The van der Waals surface area contributed by atoms with E-state index in [9.17, 15) is 4.79 Å². The zero-order chi connectivity index (χ0) is 15.7. The van der Waals surface area contributed by atoms with Crippen molar-refractivity contribution in [1.82, 2.24) is 4.98 Å². The summed E-state index contributed by atoms with van der Waals surface area (Å²) in [6, 6.07) is 5.45. The van der Waals surface area contributed by atoms with Gasteiger partial charge in [-0.25, -0.2) is 4.98 Å². The number of anilines is 1. The van der Waals surface area contributed by atoms with E-state index in [1.807, 2.05) is 0 Å². The summed E-state index contributed by atoms with van der Waals surface area (Å²) in [6.07, 6.45) is 3.08. The van der Waals surface area contributed by atoms with Crippen molar-refractivity contribution < 1.29 is 9.53 Å². The zero-order valence-electron chi connectivity index (χ0n) is 12.9. The monoisotopic (exact) mass is 289 g/mol. The topological polar surface area (TPSA) is 75.0 Å². The van der Waals surface area contributed by atoms with Crippen molar-refractivity contribution in [3.8, 4) is 6.07 Å². The molecule has 1 unspecified atom stereocenters. The largest absolute Gasteiger partial charge is 0.464 e.